The van der Waals surface area contributed by atoms with Crippen molar-refractivity contribution < 1.29 is 4.43 Å². The maximum atomic E-state index is 6.58. The smallest absolute Gasteiger partial charge is 0.173 e. The first-order valence-electron chi connectivity index (χ1n) is 6.79. The van der Waals surface area contributed by atoms with Crippen molar-refractivity contribution in [2.45, 2.75) is 71.9 Å². The van der Waals surface area contributed by atoms with E-state index in [0.717, 1.165) is 11.8 Å². The molecule has 0 amide bonds. The first-order valence-corrected chi connectivity index (χ1v) is 14.2. The van der Waals surface area contributed by atoms with Crippen LogP contribution in [0.5, 0.6) is 0 Å². The van der Waals surface area contributed by atoms with Gasteiger partial charge in [-0.3, -0.25) is 0 Å². The topological polar surface area (TPSA) is 9.23 Å². The monoisotopic (exact) mass is 258 g/mol. The lowest BCUT2D eigenvalue weighted by molar-refractivity contribution is 0.0978. The van der Waals surface area contributed by atoms with E-state index in [-0.39, 0.29) is 0 Å². The minimum absolute atomic E-state index is 0.562. The van der Waals surface area contributed by atoms with Crippen LogP contribution in [0, 0.1) is 11.8 Å². The SMILES string of the molecule is CC1CC(C)CC(O[Si](C)(C)[Si](C)(C)C)C1. The Morgan fingerprint density at radius 2 is 1.25 bits per heavy atom. The van der Waals surface area contributed by atoms with E-state index in [0.29, 0.717) is 6.10 Å². The third kappa shape index (κ3) is 3.71. The highest BCUT2D eigenvalue weighted by Crippen LogP contribution is 2.33. The Kier molecular flexibility index (Phi) is 4.47. The molecule has 1 fully saturated rings. The molecule has 16 heavy (non-hydrogen) atoms. The van der Waals surface area contributed by atoms with Gasteiger partial charge in [0.1, 0.15) is 0 Å². The zero-order valence-electron chi connectivity index (χ0n) is 12.3. The van der Waals surface area contributed by atoms with Gasteiger partial charge in [-0.2, -0.15) is 0 Å². The van der Waals surface area contributed by atoms with E-state index in [1.807, 2.05) is 0 Å². The standard InChI is InChI=1S/C13H30OSi2/c1-11-8-12(2)10-13(9-11)14-16(6,7)15(3,4)5/h11-13H,8-10H2,1-7H3. The van der Waals surface area contributed by atoms with Crippen LogP contribution >= 0.6 is 0 Å². The summed E-state index contributed by atoms with van der Waals surface area (Å²) in [6.45, 7) is 17.0. The minimum atomic E-state index is -1.41. The number of hydrogen-bond acceptors (Lipinski definition) is 1. The van der Waals surface area contributed by atoms with Crippen molar-refractivity contribution in [1.29, 1.82) is 0 Å². The van der Waals surface area contributed by atoms with Crippen LogP contribution in [0.4, 0.5) is 0 Å². The summed E-state index contributed by atoms with van der Waals surface area (Å²) in [6.07, 6.45) is 4.55. The molecule has 96 valence electrons. The average molecular weight is 259 g/mol. The maximum Gasteiger partial charge on any atom is 0.173 e. The Labute approximate surface area is 104 Å². The van der Waals surface area contributed by atoms with Crippen molar-refractivity contribution >= 4 is 15.4 Å². The molecule has 0 heterocycles. The normalized spacial score (nSPS) is 32.8. The first kappa shape index (κ1) is 14.5. The van der Waals surface area contributed by atoms with E-state index in [1.54, 1.807) is 0 Å². The van der Waals surface area contributed by atoms with Gasteiger partial charge in [0.05, 0.1) is 7.59 Å². The largest absolute Gasteiger partial charge is 0.417 e. The summed E-state index contributed by atoms with van der Waals surface area (Å²) in [5, 5.41) is 0. The molecule has 0 spiro atoms. The van der Waals surface area contributed by atoms with E-state index in [4.69, 9.17) is 4.43 Å². The van der Waals surface area contributed by atoms with Crippen molar-refractivity contribution in [3.8, 4) is 0 Å². The predicted molar refractivity (Wildman–Crippen MR) is 77.9 cm³/mol. The van der Waals surface area contributed by atoms with Gasteiger partial charge in [0.25, 0.3) is 0 Å². The fourth-order valence-corrected chi connectivity index (χ4v) is 5.50. The second-order valence-corrected chi connectivity index (χ2v) is 23.3. The van der Waals surface area contributed by atoms with Gasteiger partial charge in [-0.1, -0.05) is 33.5 Å². The van der Waals surface area contributed by atoms with Gasteiger partial charge in [-0.05, 0) is 44.2 Å². The quantitative estimate of drug-likeness (QED) is 0.680. The molecular formula is C13H30OSi2. The molecule has 2 unspecified atom stereocenters. The molecule has 1 saturated carbocycles. The van der Waals surface area contributed by atoms with Crippen LogP contribution in [0.3, 0.4) is 0 Å². The molecule has 0 N–H and O–H groups in total. The Bertz CT molecular complexity index is 223. The molecule has 0 aliphatic heterocycles. The van der Waals surface area contributed by atoms with Crippen molar-refractivity contribution in [1.82, 2.24) is 0 Å². The highest BCUT2D eigenvalue weighted by molar-refractivity contribution is 7.37. The van der Waals surface area contributed by atoms with Crippen LogP contribution in [0.1, 0.15) is 33.1 Å². The van der Waals surface area contributed by atoms with E-state index in [1.165, 1.54) is 19.3 Å². The molecule has 1 aliphatic carbocycles. The molecule has 0 bridgehead atoms. The van der Waals surface area contributed by atoms with Crippen molar-refractivity contribution in [3.63, 3.8) is 0 Å². The van der Waals surface area contributed by atoms with Crippen LogP contribution in [0.25, 0.3) is 0 Å². The van der Waals surface area contributed by atoms with Crippen LogP contribution in [-0.2, 0) is 4.43 Å². The van der Waals surface area contributed by atoms with Gasteiger partial charge in [-0.15, -0.1) is 0 Å². The summed E-state index contributed by atoms with van der Waals surface area (Å²) in [5.74, 6) is 1.72. The average Bonchev–Trinajstić information content (AvgIpc) is 1.97. The van der Waals surface area contributed by atoms with E-state index in [9.17, 15) is 0 Å². The van der Waals surface area contributed by atoms with Gasteiger partial charge in [0.15, 0.2) is 7.83 Å². The molecule has 0 saturated heterocycles. The summed E-state index contributed by atoms with van der Waals surface area (Å²) in [4.78, 5) is 0. The van der Waals surface area contributed by atoms with Crippen LogP contribution in [-0.4, -0.2) is 21.5 Å². The second-order valence-electron chi connectivity index (χ2n) is 7.42. The molecular weight excluding hydrogens is 228 g/mol. The second kappa shape index (κ2) is 4.95. The summed E-state index contributed by atoms with van der Waals surface area (Å²) in [5.41, 5.74) is 0. The lowest BCUT2D eigenvalue weighted by atomic mass is 9.82. The van der Waals surface area contributed by atoms with Crippen molar-refractivity contribution in [2.75, 3.05) is 0 Å². The maximum absolute atomic E-state index is 6.58. The molecule has 0 aromatic heterocycles. The summed E-state index contributed by atoms with van der Waals surface area (Å²) in [7, 11) is -2.51. The van der Waals surface area contributed by atoms with Gasteiger partial charge >= 0.3 is 0 Å². The van der Waals surface area contributed by atoms with Gasteiger partial charge < -0.3 is 4.43 Å². The Balaban J connectivity index is 2.60. The summed E-state index contributed by atoms with van der Waals surface area (Å²) < 4.78 is 6.58. The molecule has 1 nitrogen and oxygen atoms in total. The third-order valence-corrected chi connectivity index (χ3v) is 20.1. The zero-order chi connectivity index (χ0) is 12.6. The van der Waals surface area contributed by atoms with Gasteiger partial charge in [0, 0.05) is 6.10 Å². The molecule has 2 atom stereocenters. The molecule has 3 heteroatoms. The fourth-order valence-electron chi connectivity index (χ4n) is 2.56. The highest BCUT2D eigenvalue weighted by Gasteiger charge is 2.41. The molecule has 0 aromatic carbocycles. The first-order chi connectivity index (χ1) is 7.12. The predicted octanol–water partition coefficient (Wildman–Crippen LogP) is 4.45. The lowest BCUT2D eigenvalue weighted by Gasteiger charge is -2.41. The fraction of sp³-hybridized carbons (Fsp3) is 1.00. The van der Waals surface area contributed by atoms with Crippen LogP contribution in [0.2, 0.25) is 32.7 Å². The summed E-state index contributed by atoms with van der Waals surface area (Å²) >= 11 is 0. The highest BCUT2D eigenvalue weighted by atomic mass is 29.3. The van der Waals surface area contributed by atoms with Crippen molar-refractivity contribution in [3.05, 3.63) is 0 Å². The van der Waals surface area contributed by atoms with Crippen LogP contribution < -0.4 is 0 Å². The molecule has 0 aromatic rings. The van der Waals surface area contributed by atoms with E-state index in [2.05, 4.69) is 46.6 Å². The Morgan fingerprint density at radius 1 is 0.812 bits per heavy atom. The molecule has 1 aliphatic rings. The minimum Gasteiger partial charge on any atom is -0.417 e. The van der Waals surface area contributed by atoms with Gasteiger partial charge in [0.2, 0.25) is 0 Å². The molecule has 0 radical (unpaired) electrons. The summed E-state index contributed by atoms with van der Waals surface area (Å²) in [6, 6.07) is 0. The van der Waals surface area contributed by atoms with E-state index >= 15 is 0 Å². The van der Waals surface area contributed by atoms with Crippen LogP contribution in [0.15, 0.2) is 0 Å². The number of rotatable bonds is 3. The van der Waals surface area contributed by atoms with Crippen molar-refractivity contribution in [2.24, 2.45) is 11.8 Å². The molecule has 1 rings (SSSR count). The van der Waals surface area contributed by atoms with Gasteiger partial charge in [-0.25, -0.2) is 0 Å². The Hall–Kier alpha value is 0.394. The number of hydrogen-bond donors (Lipinski definition) is 0. The van der Waals surface area contributed by atoms with E-state index < -0.39 is 15.4 Å². The lowest BCUT2D eigenvalue weighted by Crippen LogP contribution is -2.57. The Morgan fingerprint density at radius 3 is 1.62 bits per heavy atom. The zero-order valence-corrected chi connectivity index (χ0v) is 14.3. The third-order valence-electron chi connectivity index (χ3n) is 4.40.